The minimum Gasteiger partial charge on any atom is -0.493 e. The van der Waals surface area contributed by atoms with Gasteiger partial charge in [-0.25, -0.2) is 0 Å². The van der Waals surface area contributed by atoms with Crippen LogP contribution in [0.15, 0.2) is 47.8 Å². The summed E-state index contributed by atoms with van der Waals surface area (Å²) in [5.74, 6) is -0.562. The largest absolute Gasteiger partial charge is 0.493 e. The number of halogens is 6. The van der Waals surface area contributed by atoms with Gasteiger partial charge in [0.05, 0.1) is 31.9 Å². The summed E-state index contributed by atoms with van der Waals surface area (Å²) in [7, 11) is 3.01. The van der Waals surface area contributed by atoms with Gasteiger partial charge in [-0.15, -0.1) is 11.3 Å². The van der Waals surface area contributed by atoms with Crippen LogP contribution in [0.4, 0.5) is 26.3 Å². The second-order valence-corrected chi connectivity index (χ2v) is 10.8. The molecule has 3 rings (SSSR count). The van der Waals surface area contributed by atoms with E-state index in [0.29, 0.717) is 36.5 Å². The molecule has 13 heteroatoms. The van der Waals surface area contributed by atoms with Crippen molar-refractivity contribution in [3.05, 3.63) is 80.5 Å². The van der Waals surface area contributed by atoms with Gasteiger partial charge < -0.3 is 19.3 Å². The number of hydrogen-bond acceptors (Lipinski definition) is 5. The zero-order valence-corrected chi connectivity index (χ0v) is 24.9. The summed E-state index contributed by atoms with van der Waals surface area (Å²) in [6.45, 7) is 3.43. The highest BCUT2D eigenvalue weighted by atomic mass is 32.1. The van der Waals surface area contributed by atoms with Crippen LogP contribution < -0.4 is 9.47 Å². The van der Waals surface area contributed by atoms with Gasteiger partial charge in [-0.1, -0.05) is 13.0 Å². The molecule has 0 fully saturated rings. The molecule has 3 aromatic rings. The molecule has 0 aliphatic heterocycles. The highest BCUT2D eigenvalue weighted by Crippen LogP contribution is 2.36. The van der Waals surface area contributed by atoms with E-state index in [9.17, 15) is 35.9 Å². The van der Waals surface area contributed by atoms with Crippen molar-refractivity contribution < 1.29 is 45.4 Å². The van der Waals surface area contributed by atoms with Gasteiger partial charge in [-0.3, -0.25) is 9.59 Å². The lowest BCUT2D eigenvalue weighted by Crippen LogP contribution is -2.43. The van der Waals surface area contributed by atoms with E-state index >= 15 is 0 Å². The summed E-state index contributed by atoms with van der Waals surface area (Å²) in [6.07, 6.45) is -9.50. The van der Waals surface area contributed by atoms with E-state index in [1.165, 1.54) is 30.5 Å². The Morgan fingerprint density at radius 2 is 1.47 bits per heavy atom. The number of benzene rings is 2. The van der Waals surface area contributed by atoms with Crippen molar-refractivity contribution in [2.45, 2.75) is 45.6 Å². The molecule has 0 aliphatic rings. The van der Waals surface area contributed by atoms with E-state index in [4.69, 9.17) is 9.47 Å². The first-order valence-electron chi connectivity index (χ1n) is 13.3. The molecule has 0 atom stereocenters. The van der Waals surface area contributed by atoms with E-state index in [2.05, 4.69) is 0 Å². The number of thiophene rings is 1. The van der Waals surface area contributed by atoms with E-state index in [0.717, 1.165) is 20.9 Å². The Kier molecular flexibility index (Phi) is 11.1. The Morgan fingerprint density at radius 3 is 1.98 bits per heavy atom. The van der Waals surface area contributed by atoms with E-state index in [1.54, 1.807) is 19.1 Å². The fourth-order valence-corrected chi connectivity index (χ4v) is 5.30. The van der Waals surface area contributed by atoms with Crippen molar-refractivity contribution in [2.24, 2.45) is 0 Å². The molecule has 6 nitrogen and oxygen atoms in total. The molecule has 0 saturated heterocycles. The van der Waals surface area contributed by atoms with Crippen molar-refractivity contribution >= 4 is 23.2 Å². The number of nitrogens with zero attached hydrogens (tertiary/aromatic N) is 2. The van der Waals surface area contributed by atoms with Gasteiger partial charge in [0.1, 0.15) is 6.54 Å². The first-order chi connectivity index (χ1) is 20.2. The first kappa shape index (κ1) is 33.8. The highest BCUT2D eigenvalue weighted by molar-refractivity contribution is 7.10. The van der Waals surface area contributed by atoms with Crippen LogP contribution in [0.1, 0.15) is 50.8 Å². The molecule has 43 heavy (non-hydrogen) atoms. The molecule has 0 unspecified atom stereocenters. The molecule has 2 amide bonds. The maximum absolute atomic E-state index is 13.6. The summed E-state index contributed by atoms with van der Waals surface area (Å²) in [6, 6.07) is 7.95. The molecule has 0 spiro atoms. The molecule has 2 aromatic carbocycles. The minimum atomic E-state index is -5.11. The lowest BCUT2D eigenvalue weighted by atomic mass is 10.0. The fraction of sp³-hybridized carbons (Fsp3) is 0.400. The Bertz CT molecular complexity index is 1390. The van der Waals surface area contributed by atoms with Gasteiger partial charge in [0.25, 0.3) is 5.91 Å². The van der Waals surface area contributed by atoms with E-state index in [-0.39, 0.29) is 25.7 Å². The Morgan fingerprint density at radius 1 is 0.837 bits per heavy atom. The number of alkyl halides is 6. The van der Waals surface area contributed by atoms with Gasteiger partial charge in [-0.2, -0.15) is 26.3 Å². The normalized spacial score (nSPS) is 11.8. The zero-order valence-electron chi connectivity index (χ0n) is 24.1. The minimum absolute atomic E-state index is 0.0364. The number of amides is 2. The smallest absolute Gasteiger partial charge is 0.416 e. The van der Waals surface area contributed by atoms with Crippen LogP contribution in [0, 0.1) is 6.92 Å². The first-order valence-corrected chi connectivity index (χ1v) is 14.2. The molecular formula is C30H32F6N2O4S. The van der Waals surface area contributed by atoms with Crippen molar-refractivity contribution in [2.75, 3.05) is 33.9 Å². The van der Waals surface area contributed by atoms with Gasteiger partial charge in [0, 0.05) is 23.5 Å². The second-order valence-electron chi connectivity index (χ2n) is 9.80. The van der Waals surface area contributed by atoms with Crippen LogP contribution in [0.2, 0.25) is 0 Å². The molecule has 0 bridgehead atoms. The van der Waals surface area contributed by atoms with Crippen LogP contribution >= 0.6 is 11.3 Å². The Labute approximate surface area is 249 Å². The van der Waals surface area contributed by atoms with E-state index in [1.807, 2.05) is 24.4 Å². The quantitative estimate of drug-likeness (QED) is 0.198. The monoisotopic (exact) mass is 630 g/mol. The second kappa shape index (κ2) is 14.2. The zero-order chi connectivity index (χ0) is 31.9. The van der Waals surface area contributed by atoms with Crippen LogP contribution in [-0.4, -0.2) is 55.5 Å². The highest BCUT2D eigenvalue weighted by Gasteiger charge is 2.38. The van der Waals surface area contributed by atoms with Crippen molar-refractivity contribution in [3.8, 4) is 11.5 Å². The number of rotatable bonds is 12. The number of hydrogen-bond donors (Lipinski definition) is 0. The standard InChI is InChI=1S/C30H32F6N2O4S/c1-5-10-38(28(40)21-14-22(29(31,32)33)16-23(15-21)30(34,35)36)18-27(39)37(17-26-19(2)9-12-43-26)11-8-20-6-7-24(41-3)25(13-20)42-4/h6-7,9,12-16H,5,8,10-11,17-18H2,1-4H3. The fourth-order valence-electron chi connectivity index (χ4n) is 4.38. The molecular weight excluding hydrogens is 598 g/mol. The summed E-state index contributed by atoms with van der Waals surface area (Å²) < 4.78 is 91.2. The van der Waals surface area contributed by atoms with Crippen LogP contribution in [0.5, 0.6) is 11.5 Å². The average molecular weight is 631 g/mol. The lowest BCUT2D eigenvalue weighted by Gasteiger charge is -2.28. The van der Waals surface area contributed by atoms with Crippen molar-refractivity contribution in [1.82, 2.24) is 9.80 Å². The van der Waals surface area contributed by atoms with Gasteiger partial charge in [-0.05, 0) is 72.7 Å². The molecule has 0 aliphatic carbocycles. The SMILES string of the molecule is CCCN(CC(=O)N(CCc1ccc(OC)c(OC)c1)Cc1sccc1C)C(=O)c1cc(C(F)(F)F)cc(C(F)(F)F)c1. The molecule has 0 saturated carbocycles. The van der Waals surface area contributed by atoms with Crippen molar-refractivity contribution in [1.29, 1.82) is 0 Å². The lowest BCUT2D eigenvalue weighted by molar-refractivity contribution is -0.143. The third-order valence-corrected chi connectivity index (χ3v) is 7.72. The van der Waals surface area contributed by atoms with Gasteiger partial charge >= 0.3 is 12.4 Å². The molecule has 1 heterocycles. The molecule has 0 radical (unpaired) electrons. The van der Waals surface area contributed by atoms with Gasteiger partial charge in [0.2, 0.25) is 5.91 Å². The third-order valence-electron chi connectivity index (χ3n) is 6.72. The molecule has 234 valence electrons. The predicted octanol–water partition coefficient (Wildman–Crippen LogP) is 7.24. The third kappa shape index (κ3) is 8.88. The average Bonchev–Trinajstić information content (AvgIpc) is 3.36. The number of ether oxygens (including phenoxy) is 2. The van der Waals surface area contributed by atoms with Gasteiger partial charge in [0.15, 0.2) is 11.5 Å². The number of aryl methyl sites for hydroxylation is 1. The number of carbonyl (C=O) groups is 2. The topological polar surface area (TPSA) is 59.1 Å². The Hall–Kier alpha value is -3.74. The van der Waals surface area contributed by atoms with Crippen molar-refractivity contribution in [3.63, 3.8) is 0 Å². The predicted molar refractivity (Wildman–Crippen MR) is 150 cm³/mol. The summed E-state index contributed by atoms with van der Waals surface area (Å²) >= 11 is 1.44. The number of methoxy groups -OCH3 is 2. The van der Waals surface area contributed by atoms with Crippen LogP contribution in [0.3, 0.4) is 0 Å². The summed E-state index contributed by atoms with van der Waals surface area (Å²) in [5.41, 5.74) is -2.20. The summed E-state index contributed by atoms with van der Waals surface area (Å²) in [5, 5.41) is 1.88. The van der Waals surface area contributed by atoms with E-state index < -0.39 is 47.4 Å². The molecule has 0 N–H and O–H groups in total. The van der Waals surface area contributed by atoms with Crippen LogP contribution in [-0.2, 0) is 30.1 Å². The molecule has 1 aromatic heterocycles. The Balaban J connectivity index is 1.90. The summed E-state index contributed by atoms with van der Waals surface area (Å²) in [4.78, 5) is 30.4. The maximum atomic E-state index is 13.6. The maximum Gasteiger partial charge on any atom is 0.416 e. The number of carbonyl (C=O) groups excluding carboxylic acids is 2. The van der Waals surface area contributed by atoms with Crippen LogP contribution in [0.25, 0.3) is 0 Å².